The Balaban J connectivity index is 1.55. The average molecular weight is 391 g/mol. The number of carboxylic acids is 1. The molecule has 4 saturated carbocycles. The molecule has 0 heterocycles. The van der Waals surface area contributed by atoms with Crippen molar-refractivity contribution in [3.05, 3.63) is 34.9 Å². The van der Waals surface area contributed by atoms with Crippen molar-refractivity contribution in [2.45, 2.75) is 56.9 Å². The monoisotopic (exact) mass is 390 g/mol. The number of benzene rings is 1. The molecular formula is C21H27ClN2O3. The van der Waals surface area contributed by atoms with E-state index in [1.165, 1.54) is 24.8 Å². The minimum atomic E-state index is -1.03. The Morgan fingerprint density at radius 3 is 2.41 bits per heavy atom. The summed E-state index contributed by atoms with van der Waals surface area (Å²) in [6.07, 6.45) is 7.14. The van der Waals surface area contributed by atoms with Gasteiger partial charge in [0, 0.05) is 11.1 Å². The first-order chi connectivity index (χ1) is 12.8. The number of carbonyl (C=O) groups is 2. The van der Waals surface area contributed by atoms with Crippen molar-refractivity contribution in [1.29, 1.82) is 0 Å². The third-order valence-electron chi connectivity index (χ3n) is 7.23. The Morgan fingerprint density at radius 1 is 1.19 bits per heavy atom. The molecule has 0 aromatic heterocycles. The Kier molecular flexibility index (Phi) is 4.61. The number of nitrogens with one attached hydrogen (secondary N) is 2. The zero-order valence-electron chi connectivity index (χ0n) is 15.6. The number of hydrogen-bond acceptors (Lipinski definition) is 2. The van der Waals surface area contributed by atoms with Gasteiger partial charge in [-0.1, -0.05) is 23.7 Å². The molecule has 4 aliphatic rings. The van der Waals surface area contributed by atoms with Gasteiger partial charge in [0.1, 0.15) is 6.54 Å². The number of rotatable bonds is 5. The van der Waals surface area contributed by atoms with Crippen molar-refractivity contribution in [3.63, 3.8) is 0 Å². The fourth-order valence-corrected chi connectivity index (χ4v) is 6.66. The van der Waals surface area contributed by atoms with E-state index >= 15 is 0 Å². The van der Waals surface area contributed by atoms with Crippen LogP contribution in [0.25, 0.3) is 0 Å². The molecule has 5 nitrogen and oxygen atoms in total. The number of urea groups is 1. The first kappa shape index (κ1) is 18.6. The normalized spacial score (nSPS) is 34.9. The lowest BCUT2D eigenvalue weighted by Gasteiger charge is -2.64. The molecule has 0 radical (unpaired) electrons. The van der Waals surface area contributed by atoms with Crippen LogP contribution in [0.4, 0.5) is 4.79 Å². The highest BCUT2D eigenvalue weighted by Crippen LogP contribution is 2.66. The van der Waals surface area contributed by atoms with Crippen LogP contribution in [0.1, 0.15) is 51.0 Å². The maximum absolute atomic E-state index is 12.1. The molecule has 4 bridgehead atoms. The molecule has 0 spiro atoms. The molecule has 3 unspecified atom stereocenters. The van der Waals surface area contributed by atoms with E-state index in [2.05, 4.69) is 29.7 Å². The van der Waals surface area contributed by atoms with Gasteiger partial charge >= 0.3 is 12.0 Å². The van der Waals surface area contributed by atoms with Crippen molar-refractivity contribution < 1.29 is 14.7 Å². The summed E-state index contributed by atoms with van der Waals surface area (Å²) >= 11 is 6.11. The van der Waals surface area contributed by atoms with Crippen LogP contribution in [-0.2, 0) is 10.2 Å². The summed E-state index contributed by atoms with van der Waals surface area (Å²) in [4.78, 5) is 22.8. The molecule has 2 amide bonds. The van der Waals surface area contributed by atoms with Crippen molar-refractivity contribution in [2.75, 3.05) is 6.54 Å². The lowest BCUT2D eigenvalue weighted by molar-refractivity contribution is -0.135. The van der Waals surface area contributed by atoms with Crippen LogP contribution in [0.15, 0.2) is 24.3 Å². The Labute approximate surface area is 164 Å². The van der Waals surface area contributed by atoms with Crippen molar-refractivity contribution in [2.24, 2.45) is 17.3 Å². The molecule has 1 aromatic carbocycles. The number of carboxylic acid groups (broad SMARTS) is 1. The summed E-state index contributed by atoms with van der Waals surface area (Å²) in [7, 11) is 0. The molecule has 146 valence electrons. The molecule has 4 fully saturated rings. The van der Waals surface area contributed by atoms with E-state index in [4.69, 9.17) is 16.7 Å². The number of carbonyl (C=O) groups excluding carboxylic acids is 1. The highest BCUT2D eigenvalue weighted by atomic mass is 35.5. The molecule has 27 heavy (non-hydrogen) atoms. The highest BCUT2D eigenvalue weighted by molar-refractivity contribution is 6.30. The van der Waals surface area contributed by atoms with Crippen LogP contribution in [-0.4, -0.2) is 29.7 Å². The number of aliphatic carboxylic acids is 1. The molecule has 0 saturated heterocycles. The van der Waals surface area contributed by atoms with Crippen LogP contribution < -0.4 is 10.6 Å². The highest BCUT2D eigenvalue weighted by Gasteiger charge is 2.59. The summed E-state index contributed by atoms with van der Waals surface area (Å²) in [5, 5.41) is 15.0. The summed E-state index contributed by atoms with van der Waals surface area (Å²) in [5.41, 5.74) is 1.65. The molecular weight excluding hydrogens is 364 g/mol. The zero-order chi connectivity index (χ0) is 19.2. The summed E-state index contributed by atoms with van der Waals surface area (Å²) in [5.74, 6) is 0.371. The second-order valence-electron chi connectivity index (χ2n) is 9.05. The van der Waals surface area contributed by atoms with Crippen LogP contribution in [0.2, 0.25) is 5.02 Å². The lowest BCUT2D eigenvalue weighted by Crippen LogP contribution is -2.61. The maximum atomic E-state index is 12.1. The predicted octanol–water partition coefficient (Wildman–Crippen LogP) is 3.95. The van der Waals surface area contributed by atoms with Gasteiger partial charge in [0.2, 0.25) is 0 Å². The number of amides is 2. The number of hydrogen-bond donors (Lipinski definition) is 3. The largest absolute Gasteiger partial charge is 0.480 e. The third kappa shape index (κ3) is 3.42. The van der Waals surface area contributed by atoms with E-state index in [0.717, 1.165) is 24.3 Å². The van der Waals surface area contributed by atoms with Crippen molar-refractivity contribution in [3.8, 4) is 0 Å². The molecule has 1 aromatic rings. The van der Waals surface area contributed by atoms with Crippen LogP contribution in [0, 0.1) is 17.3 Å². The Hall–Kier alpha value is -1.75. The first-order valence-corrected chi connectivity index (χ1v) is 10.2. The SMILES string of the molecule is CC(NC(=O)NCC(=O)O)C12CC3CC(CC(c4ccc(Cl)cc4)(C3)C1)C2. The van der Waals surface area contributed by atoms with Crippen molar-refractivity contribution >= 4 is 23.6 Å². The van der Waals surface area contributed by atoms with Gasteiger partial charge in [-0.3, -0.25) is 4.79 Å². The zero-order valence-corrected chi connectivity index (χ0v) is 16.4. The van der Waals surface area contributed by atoms with E-state index in [1.54, 1.807) is 0 Å². The minimum Gasteiger partial charge on any atom is -0.480 e. The van der Waals surface area contributed by atoms with Gasteiger partial charge in [-0.25, -0.2) is 4.79 Å². The smallest absolute Gasteiger partial charge is 0.323 e. The van der Waals surface area contributed by atoms with Crippen LogP contribution in [0.3, 0.4) is 0 Å². The molecule has 5 rings (SSSR count). The van der Waals surface area contributed by atoms with Crippen molar-refractivity contribution in [1.82, 2.24) is 10.6 Å². The fourth-order valence-electron chi connectivity index (χ4n) is 6.54. The van der Waals surface area contributed by atoms with E-state index in [1.807, 2.05) is 12.1 Å². The molecule has 3 atom stereocenters. The quantitative estimate of drug-likeness (QED) is 0.712. The second kappa shape index (κ2) is 6.69. The standard InChI is InChI=1S/C21H27ClN2O3/c1-13(24-19(27)23-11-18(25)26)20-7-14-6-15(8-20)10-21(9-14,12-20)16-2-4-17(22)5-3-16/h2-5,13-15H,6-12H2,1H3,(H,25,26)(H2,23,24,27). The molecule has 6 heteroatoms. The van der Waals surface area contributed by atoms with Crippen LogP contribution in [0.5, 0.6) is 0 Å². The average Bonchev–Trinajstić information content (AvgIpc) is 2.59. The van der Waals surface area contributed by atoms with E-state index in [9.17, 15) is 9.59 Å². The summed E-state index contributed by atoms with van der Waals surface area (Å²) in [6.45, 7) is 1.73. The number of halogens is 1. The second-order valence-corrected chi connectivity index (χ2v) is 9.49. The van der Waals surface area contributed by atoms with E-state index in [0.29, 0.717) is 11.8 Å². The van der Waals surface area contributed by atoms with Gasteiger partial charge in [0.05, 0.1) is 0 Å². The maximum Gasteiger partial charge on any atom is 0.323 e. The van der Waals surface area contributed by atoms with Gasteiger partial charge in [-0.2, -0.15) is 0 Å². The minimum absolute atomic E-state index is 0.0175. The predicted molar refractivity (Wildman–Crippen MR) is 104 cm³/mol. The van der Waals surface area contributed by atoms with Gasteiger partial charge in [0.25, 0.3) is 0 Å². The molecule has 4 aliphatic carbocycles. The Bertz CT molecular complexity index is 734. The van der Waals surface area contributed by atoms with Gasteiger partial charge in [-0.05, 0) is 85.8 Å². The lowest BCUT2D eigenvalue weighted by atomic mass is 9.41. The van der Waals surface area contributed by atoms with Gasteiger partial charge in [0.15, 0.2) is 0 Å². The molecule has 0 aliphatic heterocycles. The van der Waals surface area contributed by atoms with Gasteiger partial charge in [-0.15, -0.1) is 0 Å². The summed E-state index contributed by atoms with van der Waals surface area (Å²) < 4.78 is 0. The fraction of sp³-hybridized carbons (Fsp3) is 0.619. The first-order valence-electron chi connectivity index (χ1n) is 9.82. The Morgan fingerprint density at radius 2 is 1.81 bits per heavy atom. The van der Waals surface area contributed by atoms with E-state index < -0.39 is 5.97 Å². The van der Waals surface area contributed by atoms with Gasteiger partial charge < -0.3 is 15.7 Å². The molecule has 3 N–H and O–H groups in total. The summed E-state index contributed by atoms with van der Waals surface area (Å²) in [6, 6.07) is 7.97. The topological polar surface area (TPSA) is 78.4 Å². The third-order valence-corrected chi connectivity index (χ3v) is 7.48. The van der Waals surface area contributed by atoms with Crippen LogP contribution >= 0.6 is 11.6 Å². The van der Waals surface area contributed by atoms with E-state index in [-0.39, 0.29) is 29.4 Å².